The smallest absolute Gasteiger partial charge is 0.273 e. The number of thiophene rings is 1. The molecule has 0 aromatic carbocycles. The third-order valence-electron chi connectivity index (χ3n) is 7.95. The zero-order chi connectivity index (χ0) is 20.6. The summed E-state index contributed by atoms with van der Waals surface area (Å²) in [5.74, 6) is 3.25. The molecular weight excluding hydrogens is 396 g/mol. The van der Waals surface area contributed by atoms with E-state index in [1.807, 2.05) is 13.8 Å². The van der Waals surface area contributed by atoms with Gasteiger partial charge in [-0.3, -0.25) is 20.4 Å². The first-order valence-corrected chi connectivity index (χ1v) is 12.1. The van der Waals surface area contributed by atoms with Gasteiger partial charge in [-0.2, -0.15) is 0 Å². The minimum absolute atomic E-state index is 0.0145. The van der Waals surface area contributed by atoms with Crippen molar-refractivity contribution in [2.75, 3.05) is 0 Å². The Morgan fingerprint density at radius 3 is 2.20 bits per heavy atom. The average molecular weight is 425 g/mol. The Morgan fingerprint density at radius 1 is 0.967 bits per heavy atom. The summed E-state index contributed by atoms with van der Waals surface area (Å²) >= 11 is 1.40. The highest BCUT2D eigenvalue weighted by Crippen LogP contribution is 2.60. The lowest BCUT2D eigenvalue weighted by atomic mass is 9.49. The van der Waals surface area contributed by atoms with Gasteiger partial charge in [0.15, 0.2) is 0 Å². The van der Waals surface area contributed by atoms with Crippen molar-refractivity contribution in [1.29, 1.82) is 0 Å². The van der Waals surface area contributed by atoms with Crippen LogP contribution in [0.4, 0.5) is 0 Å². The molecule has 2 amide bonds. The molecule has 30 heavy (non-hydrogen) atoms. The predicted octanol–water partition coefficient (Wildman–Crippen LogP) is 4.16. The molecule has 2 aromatic heterocycles. The van der Waals surface area contributed by atoms with Crippen LogP contribution in [0.1, 0.15) is 84.0 Å². The fraction of sp³-hybridized carbons (Fsp3) is 0.652. The summed E-state index contributed by atoms with van der Waals surface area (Å²) in [5, 5.41) is 0.974. The van der Waals surface area contributed by atoms with E-state index in [-0.39, 0.29) is 17.2 Å². The number of hydrogen-bond acceptors (Lipinski definition) is 5. The van der Waals surface area contributed by atoms with Gasteiger partial charge in [-0.15, -0.1) is 11.3 Å². The summed E-state index contributed by atoms with van der Waals surface area (Å²) < 4.78 is 0. The summed E-state index contributed by atoms with van der Waals surface area (Å²) in [7, 11) is 0. The fourth-order valence-electron chi connectivity index (χ4n) is 6.79. The second kappa shape index (κ2) is 6.49. The minimum atomic E-state index is -0.265. The van der Waals surface area contributed by atoms with E-state index in [4.69, 9.17) is 4.98 Å². The van der Waals surface area contributed by atoms with Gasteiger partial charge in [0.2, 0.25) is 5.91 Å². The van der Waals surface area contributed by atoms with Gasteiger partial charge in [0.05, 0.1) is 16.0 Å². The molecule has 7 rings (SSSR count). The molecule has 2 N–H and O–H groups in total. The molecule has 158 valence electrons. The van der Waals surface area contributed by atoms with Crippen molar-refractivity contribution in [3.8, 4) is 0 Å². The van der Waals surface area contributed by atoms with Crippen molar-refractivity contribution in [1.82, 2.24) is 20.8 Å². The highest BCUT2D eigenvalue weighted by molar-refractivity contribution is 7.20. The summed E-state index contributed by atoms with van der Waals surface area (Å²) in [4.78, 5) is 37.0. The first kappa shape index (κ1) is 18.7. The van der Waals surface area contributed by atoms with Crippen LogP contribution in [0.3, 0.4) is 0 Å². The molecular formula is C23H28N4O2S. The first-order chi connectivity index (χ1) is 14.4. The number of hydrazine groups is 1. The van der Waals surface area contributed by atoms with E-state index in [0.29, 0.717) is 28.5 Å². The molecule has 2 heterocycles. The van der Waals surface area contributed by atoms with Crippen molar-refractivity contribution < 1.29 is 9.59 Å². The Labute approximate surface area is 180 Å². The number of rotatable bonds is 3. The highest BCUT2D eigenvalue weighted by Gasteiger charge is 2.54. The molecule has 7 heteroatoms. The maximum Gasteiger partial charge on any atom is 0.280 e. The van der Waals surface area contributed by atoms with Crippen LogP contribution in [-0.2, 0) is 4.79 Å². The minimum Gasteiger partial charge on any atom is -0.273 e. The van der Waals surface area contributed by atoms with E-state index in [2.05, 4.69) is 15.8 Å². The van der Waals surface area contributed by atoms with Gasteiger partial charge in [0.25, 0.3) is 5.91 Å². The lowest BCUT2D eigenvalue weighted by Crippen LogP contribution is -2.56. The lowest BCUT2D eigenvalue weighted by molar-refractivity contribution is -0.147. The number of carbonyl (C=O) groups excluding carboxylic acids is 2. The van der Waals surface area contributed by atoms with E-state index in [1.54, 1.807) is 0 Å². The van der Waals surface area contributed by atoms with Gasteiger partial charge >= 0.3 is 0 Å². The number of fused-ring (bicyclic) bond motifs is 1. The topological polar surface area (TPSA) is 84.0 Å². The Balaban J connectivity index is 1.20. The number of hydrogen-bond donors (Lipinski definition) is 2. The molecule has 0 unspecified atom stereocenters. The maximum absolute atomic E-state index is 13.1. The van der Waals surface area contributed by atoms with Gasteiger partial charge in [-0.05, 0) is 88.5 Å². The fourth-order valence-corrected chi connectivity index (χ4v) is 7.93. The monoisotopic (exact) mass is 424 g/mol. The quantitative estimate of drug-likeness (QED) is 0.725. The largest absolute Gasteiger partial charge is 0.280 e. The van der Waals surface area contributed by atoms with Gasteiger partial charge in [0.1, 0.15) is 10.7 Å². The second-order valence-electron chi connectivity index (χ2n) is 10.3. The van der Waals surface area contributed by atoms with E-state index in [9.17, 15) is 9.59 Å². The molecule has 0 aliphatic heterocycles. The Hall–Kier alpha value is -2.02. The van der Waals surface area contributed by atoms with Gasteiger partial charge < -0.3 is 0 Å². The molecule has 2 aromatic rings. The zero-order valence-corrected chi connectivity index (χ0v) is 18.4. The lowest BCUT2D eigenvalue weighted by Gasteiger charge is -2.55. The van der Waals surface area contributed by atoms with Crippen LogP contribution in [0, 0.1) is 37.0 Å². The standard InChI is InChI=1S/C23H28N4O2S/c1-11-17-12(2)24-19(16-3-4-16)25-21(17)30-18(11)20(28)26-27-22(29)23-8-13-5-14(9-23)7-15(6-13)10-23/h13-16H,3-10H2,1-2H3,(H,26,28)(H,27,29). The molecule has 5 aliphatic carbocycles. The molecule has 6 nitrogen and oxygen atoms in total. The van der Waals surface area contributed by atoms with E-state index in [0.717, 1.165) is 59.4 Å². The van der Waals surface area contributed by atoms with Crippen LogP contribution in [0.15, 0.2) is 0 Å². The van der Waals surface area contributed by atoms with E-state index in [1.165, 1.54) is 30.6 Å². The van der Waals surface area contributed by atoms with Crippen molar-refractivity contribution in [2.45, 2.75) is 71.1 Å². The van der Waals surface area contributed by atoms with Crippen LogP contribution in [0.2, 0.25) is 0 Å². The average Bonchev–Trinajstić information content (AvgIpc) is 3.48. The highest BCUT2D eigenvalue weighted by atomic mass is 32.1. The normalized spacial score (nSPS) is 31.9. The summed E-state index contributed by atoms with van der Waals surface area (Å²) in [6.07, 6.45) is 9.15. The number of aromatic nitrogens is 2. The number of aryl methyl sites for hydroxylation is 2. The Bertz CT molecular complexity index is 1040. The number of carbonyl (C=O) groups is 2. The van der Waals surface area contributed by atoms with Crippen LogP contribution in [0.25, 0.3) is 10.2 Å². The summed E-state index contributed by atoms with van der Waals surface area (Å²) in [6.45, 7) is 3.94. The van der Waals surface area contributed by atoms with Gasteiger partial charge in [0, 0.05) is 11.3 Å². The summed E-state index contributed by atoms with van der Waals surface area (Å²) in [5.41, 5.74) is 7.09. The third-order valence-corrected chi connectivity index (χ3v) is 9.13. The molecule has 5 saturated carbocycles. The van der Waals surface area contributed by atoms with E-state index >= 15 is 0 Å². The SMILES string of the molecule is Cc1nc(C2CC2)nc2sc(C(=O)NNC(=O)C34CC5CC(CC(C5)C3)C4)c(C)c12. The molecule has 4 bridgehead atoms. The maximum atomic E-state index is 13.1. The van der Waals surface area contributed by atoms with Crippen LogP contribution < -0.4 is 10.9 Å². The van der Waals surface area contributed by atoms with Crippen LogP contribution in [-0.4, -0.2) is 21.8 Å². The number of nitrogens with one attached hydrogen (secondary N) is 2. The number of nitrogens with zero attached hydrogens (tertiary/aromatic N) is 2. The third kappa shape index (κ3) is 2.88. The molecule has 0 saturated heterocycles. The molecule has 0 atom stereocenters. The summed E-state index contributed by atoms with van der Waals surface area (Å²) in [6, 6.07) is 0. The van der Waals surface area contributed by atoms with Crippen molar-refractivity contribution in [3.05, 3.63) is 22.0 Å². The molecule has 0 spiro atoms. The van der Waals surface area contributed by atoms with Crippen molar-refractivity contribution in [3.63, 3.8) is 0 Å². The zero-order valence-electron chi connectivity index (χ0n) is 17.6. The van der Waals surface area contributed by atoms with Gasteiger partial charge in [-0.25, -0.2) is 9.97 Å². The molecule has 5 aliphatic rings. The Kier molecular flexibility index (Phi) is 4.05. The van der Waals surface area contributed by atoms with Crippen LogP contribution >= 0.6 is 11.3 Å². The van der Waals surface area contributed by atoms with Crippen molar-refractivity contribution in [2.24, 2.45) is 23.2 Å². The number of amides is 2. The molecule has 5 fully saturated rings. The van der Waals surface area contributed by atoms with Crippen LogP contribution in [0.5, 0.6) is 0 Å². The first-order valence-electron chi connectivity index (χ1n) is 11.3. The second-order valence-corrected chi connectivity index (χ2v) is 11.3. The molecule has 0 radical (unpaired) electrons. The Morgan fingerprint density at radius 2 is 1.60 bits per heavy atom. The predicted molar refractivity (Wildman–Crippen MR) is 115 cm³/mol. The van der Waals surface area contributed by atoms with Crippen molar-refractivity contribution >= 4 is 33.4 Å². The van der Waals surface area contributed by atoms with E-state index < -0.39 is 0 Å². The van der Waals surface area contributed by atoms with Gasteiger partial charge in [-0.1, -0.05) is 0 Å².